The molecule has 0 spiro atoms. The molecule has 3 rings (SSSR count). The first-order valence-corrected chi connectivity index (χ1v) is 7.02. The van der Waals surface area contributed by atoms with Crippen molar-refractivity contribution in [3.63, 3.8) is 0 Å². The molecule has 0 aliphatic heterocycles. The highest BCUT2D eigenvalue weighted by molar-refractivity contribution is 7.99. The Morgan fingerprint density at radius 3 is 2.76 bits per heavy atom. The van der Waals surface area contributed by atoms with Crippen LogP contribution in [0.15, 0.2) is 53.0 Å². The standard InChI is InChI=1S/C13H13N7S/c1-9-4-2-3-5-10(9)21-13-17-11(19-14)16-12(18-13)20-7-6-15-8-20/h2-8H,14H2,1H3,(H,16,17,18,19). The Hall–Kier alpha value is -2.45. The van der Waals surface area contributed by atoms with Gasteiger partial charge in [0, 0.05) is 17.3 Å². The number of hydrogen-bond donors (Lipinski definition) is 2. The van der Waals surface area contributed by atoms with E-state index in [0.717, 1.165) is 10.5 Å². The molecule has 7 nitrogen and oxygen atoms in total. The SMILES string of the molecule is Cc1ccccc1Sc1nc(NN)nc(-n2ccnc2)n1. The van der Waals surface area contributed by atoms with Crippen LogP contribution in [0.2, 0.25) is 0 Å². The maximum atomic E-state index is 5.43. The average Bonchev–Trinajstić information content (AvgIpc) is 3.04. The van der Waals surface area contributed by atoms with E-state index in [1.54, 1.807) is 23.3 Å². The molecule has 2 aromatic heterocycles. The van der Waals surface area contributed by atoms with E-state index < -0.39 is 0 Å². The first kappa shape index (κ1) is 13.5. The Morgan fingerprint density at radius 2 is 2.05 bits per heavy atom. The van der Waals surface area contributed by atoms with Gasteiger partial charge in [-0.3, -0.25) is 9.99 Å². The quantitative estimate of drug-likeness (QED) is 0.560. The van der Waals surface area contributed by atoms with E-state index in [4.69, 9.17) is 5.84 Å². The number of nitrogen functional groups attached to an aromatic ring is 1. The van der Waals surface area contributed by atoms with Gasteiger partial charge in [-0.2, -0.15) is 15.0 Å². The zero-order valence-corrected chi connectivity index (χ0v) is 12.1. The van der Waals surface area contributed by atoms with Crippen LogP contribution in [0.25, 0.3) is 5.95 Å². The lowest BCUT2D eigenvalue weighted by atomic mass is 10.2. The summed E-state index contributed by atoms with van der Waals surface area (Å²) in [5.74, 6) is 6.20. The number of benzene rings is 1. The van der Waals surface area contributed by atoms with E-state index >= 15 is 0 Å². The molecule has 8 heteroatoms. The van der Waals surface area contributed by atoms with Crippen LogP contribution in [0.3, 0.4) is 0 Å². The van der Waals surface area contributed by atoms with Gasteiger partial charge in [-0.25, -0.2) is 10.8 Å². The number of aromatic nitrogens is 5. The van der Waals surface area contributed by atoms with Crippen molar-refractivity contribution in [2.75, 3.05) is 5.43 Å². The summed E-state index contributed by atoms with van der Waals surface area (Å²) < 4.78 is 1.70. The Morgan fingerprint density at radius 1 is 1.19 bits per heavy atom. The maximum Gasteiger partial charge on any atom is 0.242 e. The van der Waals surface area contributed by atoms with Gasteiger partial charge >= 0.3 is 0 Å². The minimum atomic E-state index is 0.310. The molecule has 0 fully saturated rings. The van der Waals surface area contributed by atoms with Crippen molar-refractivity contribution < 1.29 is 0 Å². The molecule has 0 saturated heterocycles. The third kappa shape index (κ3) is 3.01. The summed E-state index contributed by atoms with van der Waals surface area (Å²) in [6.07, 6.45) is 5.04. The van der Waals surface area contributed by atoms with Crippen LogP contribution in [-0.2, 0) is 0 Å². The third-order valence-corrected chi connectivity index (χ3v) is 3.81. The number of rotatable bonds is 4. The van der Waals surface area contributed by atoms with Crippen LogP contribution >= 0.6 is 11.8 Å². The highest BCUT2D eigenvalue weighted by Crippen LogP contribution is 2.28. The number of nitrogens with one attached hydrogen (secondary N) is 1. The second kappa shape index (κ2) is 5.90. The van der Waals surface area contributed by atoms with Gasteiger partial charge in [0.2, 0.25) is 11.9 Å². The molecule has 0 amide bonds. The largest absolute Gasteiger partial charge is 0.292 e. The number of nitrogens with zero attached hydrogens (tertiary/aromatic N) is 5. The summed E-state index contributed by atoms with van der Waals surface area (Å²) in [7, 11) is 0. The number of hydrogen-bond acceptors (Lipinski definition) is 7. The van der Waals surface area contributed by atoms with Gasteiger partial charge in [0.05, 0.1) is 0 Å². The molecule has 0 aliphatic carbocycles. The monoisotopic (exact) mass is 299 g/mol. The number of aryl methyl sites for hydroxylation is 1. The molecular weight excluding hydrogens is 286 g/mol. The predicted molar refractivity (Wildman–Crippen MR) is 80.1 cm³/mol. The highest BCUT2D eigenvalue weighted by Gasteiger charge is 2.09. The van der Waals surface area contributed by atoms with Gasteiger partial charge in [-0.15, -0.1) is 0 Å². The van der Waals surface area contributed by atoms with E-state index in [1.807, 2.05) is 31.2 Å². The minimum Gasteiger partial charge on any atom is -0.292 e. The molecule has 106 valence electrons. The molecule has 3 N–H and O–H groups in total. The van der Waals surface area contributed by atoms with E-state index in [2.05, 4.69) is 25.4 Å². The van der Waals surface area contributed by atoms with Crippen LogP contribution < -0.4 is 11.3 Å². The summed E-state index contributed by atoms with van der Waals surface area (Å²) in [4.78, 5) is 18.0. The van der Waals surface area contributed by atoms with Crippen molar-refractivity contribution in [3.8, 4) is 5.95 Å². The van der Waals surface area contributed by atoms with E-state index in [0.29, 0.717) is 17.1 Å². The minimum absolute atomic E-state index is 0.310. The van der Waals surface area contributed by atoms with E-state index in [-0.39, 0.29) is 0 Å². The van der Waals surface area contributed by atoms with Gasteiger partial charge in [0.15, 0.2) is 5.16 Å². The lowest BCUT2D eigenvalue weighted by molar-refractivity contribution is 0.824. The Bertz CT molecular complexity index is 742. The van der Waals surface area contributed by atoms with Gasteiger partial charge in [-0.1, -0.05) is 18.2 Å². The van der Waals surface area contributed by atoms with Crippen LogP contribution in [0.1, 0.15) is 5.56 Å². The summed E-state index contributed by atoms with van der Waals surface area (Å²) in [6, 6.07) is 8.05. The van der Waals surface area contributed by atoms with Gasteiger partial charge < -0.3 is 0 Å². The molecule has 0 bridgehead atoms. The number of imidazole rings is 1. The summed E-state index contributed by atoms with van der Waals surface area (Å²) in [6.45, 7) is 2.04. The van der Waals surface area contributed by atoms with Crippen LogP contribution in [0.5, 0.6) is 0 Å². The van der Waals surface area contributed by atoms with Crippen LogP contribution in [0.4, 0.5) is 5.95 Å². The Balaban J connectivity index is 1.99. The first-order chi connectivity index (χ1) is 10.3. The molecule has 1 aromatic carbocycles. The molecule has 0 aliphatic rings. The Labute approximate surface area is 125 Å². The zero-order chi connectivity index (χ0) is 14.7. The normalized spacial score (nSPS) is 10.6. The number of hydrazine groups is 1. The van der Waals surface area contributed by atoms with Crippen molar-refractivity contribution in [2.45, 2.75) is 17.0 Å². The van der Waals surface area contributed by atoms with Crippen LogP contribution in [-0.4, -0.2) is 24.5 Å². The highest BCUT2D eigenvalue weighted by atomic mass is 32.2. The fraction of sp³-hybridized carbons (Fsp3) is 0.0769. The summed E-state index contributed by atoms with van der Waals surface area (Å²) >= 11 is 1.46. The van der Waals surface area contributed by atoms with Crippen molar-refractivity contribution in [1.82, 2.24) is 24.5 Å². The second-order valence-electron chi connectivity index (χ2n) is 4.22. The topological polar surface area (TPSA) is 94.5 Å². The molecule has 3 aromatic rings. The predicted octanol–water partition coefficient (Wildman–Crippen LogP) is 1.80. The second-order valence-corrected chi connectivity index (χ2v) is 5.23. The van der Waals surface area contributed by atoms with Crippen molar-refractivity contribution in [3.05, 3.63) is 48.5 Å². The summed E-state index contributed by atoms with van der Waals surface area (Å²) in [5, 5.41) is 0.566. The molecule has 0 unspecified atom stereocenters. The summed E-state index contributed by atoms with van der Waals surface area (Å²) in [5.41, 5.74) is 3.62. The third-order valence-electron chi connectivity index (χ3n) is 2.76. The van der Waals surface area contributed by atoms with E-state index in [1.165, 1.54) is 11.8 Å². The number of anilines is 1. The molecule has 21 heavy (non-hydrogen) atoms. The molecular formula is C13H13N7S. The lowest BCUT2D eigenvalue weighted by Crippen LogP contribution is -2.13. The molecule has 0 saturated carbocycles. The van der Waals surface area contributed by atoms with Crippen molar-refractivity contribution in [2.24, 2.45) is 5.84 Å². The molecule has 0 radical (unpaired) electrons. The van der Waals surface area contributed by atoms with Crippen molar-refractivity contribution >= 4 is 17.7 Å². The average molecular weight is 299 g/mol. The van der Waals surface area contributed by atoms with Crippen molar-refractivity contribution in [1.29, 1.82) is 0 Å². The fourth-order valence-electron chi connectivity index (χ4n) is 1.72. The fourth-order valence-corrected chi connectivity index (χ4v) is 2.55. The van der Waals surface area contributed by atoms with Crippen LogP contribution in [0, 0.1) is 6.92 Å². The molecule has 2 heterocycles. The number of nitrogens with two attached hydrogens (primary N) is 1. The van der Waals surface area contributed by atoms with Gasteiger partial charge in [0.25, 0.3) is 0 Å². The zero-order valence-electron chi connectivity index (χ0n) is 11.3. The lowest BCUT2D eigenvalue weighted by Gasteiger charge is -2.07. The Kier molecular flexibility index (Phi) is 3.80. The maximum absolute atomic E-state index is 5.43. The first-order valence-electron chi connectivity index (χ1n) is 6.21. The van der Waals surface area contributed by atoms with Gasteiger partial charge in [-0.05, 0) is 30.3 Å². The molecule has 0 atom stereocenters. The van der Waals surface area contributed by atoms with E-state index in [9.17, 15) is 0 Å². The van der Waals surface area contributed by atoms with Gasteiger partial charge in [0.1, 0.15) is 6.33 Å². The smallest absolute Gasteiger partial charge is 0.242 e.